The van der Waals surface area contributed by atoms with Crippen molar-refractivity contribution in [3.63, 3.8) is 0 Å². The molecule has 2 aromatic carbocycles. The third-order valence-electron chi connectivity index (χ3n) is 3.73. The molecule has 0 radical (unpaired) electrons. The Morgan fingerprint density at radius 2 is 1.93 bits per heavy atom. The van der Waals surface area contributed by atoms with Gasteiger partial charge < -0.3 is 10.6 Å². The van der Waals surface area contributed by atoms with Gasteiger partial charge in [-0.2, -0.15) is 0 Å². The van der Waals surface area contributed by atoms with Crippen LogP contribution < -0.4 is 10.6 Å². The Morgan fingerprint density at radius 1 is 1.14 bits per heavy atom. The smallest absolute Gasteiger partial charge is 0.251 e. The largest absolute Gasteiger partial charge is 0.343 e. The van der Waals surface area contributed by atoms with E-state index in [0.29, 0.717) is 22.0 Å². The molecule has 0 spiro atoms. The summed E-state index contributed by atoms with van der Waals surface area (Å²) in [7, 11) is 0. The molecule has 0 aliphatic heterocycles. The number of carbonyl (C=O) groups is 2. The Bertz CT molecular complexity index is 1060. The number of thiazole rings is 1. The fraction of sp³-hybridized carbons (Fsp3) is 0.105. The molecule has 28 heavy (non-hydrogen) atoms. The van der Waals surface area contributed by atoms with E-state index in [1.807, 2.05) is 0 Å². The van der Waals surface area contributed by atoms with Gasteiger partial charge in [-0.1, -0.05) is 22.0 Å². The number of rotatable bonds is 5. The van der Waals surface area contributed by atoms with E-state index in [1.54, 1.807) is 31.2 Å². The third-order valence-corrected chi connectivity index (χ3v) is 5.11. The van der Waals surface area contributed by atoms with Crippen LogP contribution >= 0.6 is 27.3 Å². The number of hydrogen-bond acceptors (Lipinski definition) is 4. The molecule has 144 valence electrons. The molecular weight excluding hydrogens is 452 g/mol. The number of amides is 2. The second kappa shape index (κ2) is 8.57. The van der Waals surface area contributed by atoms with Crippen LogP contribution in [0.4, 0.5) is 13.9 Å². The van der Waals surface area contributed by atoms with E-state index in [4.69, 9.17) is 0 Å². The third kappa shape index (κ3) is 4.79. The first-order valence-corrected chi connectivity index (χ1v) is 9.71. The summed E-state index contributed by atoms with van der Waals surface area (Å²) < 4.78 is 27.3. The Hall–Kier alpha value is -2.65. The average molecular weight is 466 g/mol. The molecule has 0 bridgehead atoms. The minimum atomic E-state index is -0.967. The molecular formula is C19H14BrF2N3O2S. The fourth-order valence-electron chi connectivity index (χ4n) is 2.42. The van der Waals surface area contributed by atoms with Crippen LogP contribution in [0.5, 0.6) is 0 Å². The first-order valence-electron chi connectivity index (χ1n) is 8.10. The van der Waals surface area contributed by atoms with Gasteiger partial charge in [0, 0.05) is 20.5 Å². The fourth-order valence-corrected chi connectivity index (χ4v) is 3.67. The number of anilines is 1. The topological polar surface area (TPSA) is 71.1 Å². The number of nitrogens with one attached hydrogen (secondary N) is 2. The first kappa shape index (κ1) is 20.1. The Balaban J connectivity index is 1.63. The summed E-state index contributed by atoms with van der Waals surface area (Å²) in [5, 5.41) is 5.43. The van der Waals surface area contributed by atoms with Crippen LogP contribution in [0, 0.1) is 18.6 Å². The molecule has 0 aliphatic carbocycles. The van der Waals surface area contributed by atoms with E-state index in [2.05, 4.69) is 31.5 Å². The van der Waals surface area contributed by atoms with Crippen molar-refractivity contribution in [3.8, 4) is 11.3 Å². The van der Waals surface area contributed by atoms with Gasteiger partial charge in [0.1, 0.15) is 0 Å². The molecule has 0 saturated heterocycles. The predicted octanol–water partition coefficient (Wildman–Crippen LogP) is 4.53. The number of aryl methyl sites for hydroxylation is 1. The normalized spacial score (nSPS) is 10.6. The number of carbonyl (C=O) groups excluding carboxylic acids is 2. The molecule has 2 N–H and O–H groups in total. The zero-order valence-electron chi connectivity index (χ0n) is 14.6. The zero-order chi connectivity index (χ0) is 20.3. The van der Waals surface area contributed by atoms with Gasteiger partial charge in [-0.05, 0) is 43.3 Å². The van der Waals surface area contributed by atoms with E-state index in [0.717, 1.165) is 21.5 Å². The monoisotopic (exact) mass is 465 g/mol. The molecule has 0 saturated carbocycles. The van der Waals surface area contributed by atoms with E-state index in [9.17, 15) is 18.4 Å². The lowest BCUT2D eigenvalue weighted by atomic mass is 10.1. The second-order valence-electron chi connectivity index (χ2n) is 5.79. The highest BCUT2D eigenvalue weighted by molar-refractivity contribution is 9.10. The summed E-state index contributed by atoms with van der Waals surface area (Å²) in [4.78, 5) is 29.2. The van der Waals surface area contributed by atoms with E-state index < -0.39 is 17.5 Å². The molecule has 5 nitrogen and oxygen atoms in total. The van der Waals surface area contributed by atoms with Crippen molar-refractivity contribution >= 4 is 44.2 Å². The average Bonchev–Trinajstić information content (AvgIpc) is 3.02. The maximum absolute atomic E-state index is 13.4. The van der Waals surface area contributed by atoms with Crippen molar-refractivity contribution in [3.05, 3.63) is 69.0 Å². The van der Waals surface area contributed by atoms with Crippen molar-refractivity contribution in [1.82, 2.24) is 10.3 Å². The van der Waals surface area contributed by atoms with Crippen molar-refractivity contribution in [2.75, 3.05) is 11.9 Å². The molecule has 3 rings (SSSR count). The van der Waals surface area contributed by atoms with Gasteiger partial charge in [0.2, 0.25) is 5.91 Å². The van der Waals surface area contributed by atoms with Gasteiger partial charge in [-0.25, -0.2) is 13.8 Å². The van der Waals surface area contributed by atoms with Crippen LogP contribution in [0.2, 0.25) is 0 Å². The van der Waals surface area contributed by atoms with E-state index >= 15 is 0 Å². The van der Waals surface area contributed by atoms with Gasteiger partial charge >= 0.3 is 0 Å². The highest BCUT2D eigenvalue weighted by atomic mass is 79.9. The number of hydrogen-bond donors (Lipinski definition) is 2. The molecule has 9 heteroatoms. The highest BCUT2D eigenvalue weighted by Gasteiger charge is 2.15. The number of aromatic nitrogens is 1. The lowest BCUT2D eigenvalue weighted by Crippen LogP contribution is -2.32. The van der Waals surface area contributed by atoms with Crippen molar-refractivity contribution < 1.29 is 18.4 Å². The number of nitrogens with zero attached hydrogens (tertiary/aromatic N) is 1. The van der Waals surface area contributed by atoms with Gasteiger partial charge in [-0.3, -0.25) is 9.59 Å². The molecule has 3 aromatic rings. The summed E-state index contributed by atoms with van der Waals surface area (Å²) >= 11 is 4.48. The van der Waals surface area contributed by atoms with Crippen LogP contribution in [-0.2, 0) is 4.79 Å². The van der Waals surface area contributed by atoms with Crippen LogP contribution in [0.15, 0.2) is 46.9 Å². The molecule has 0 aliphatic rings. The summed E-state index contributed by atoms with van der Waals surface area (Å²) in [5.74, 6) is -2.74. The maximum atomic E-state index is 13.4. The van der Waals surface area contributed by atoms with Crippen LogP contribution in [0.3, 0.4) is 0 Å². The Kier molecular flexibility index (Phi) is 6.15. The summed E-state index contributed by atoms with van der Waals surface area (Å²) in [5.41, 5.74) is 1.29. The number of halogens is 3. The highest BCUT2D eigenvalue weighted by Crippen LogP contribution is 2.31. The van der Waals surface area contributed by atoms with E-state index in [-0.39, 0.29) is 12.5 Å². The molecule has 0 unspecified atom stereocenters. The van der Waals surface area contributed by atoms with Gasteiger partial charge in [-0.15, -0.1) is 11.3 Å². The Morgan fingerprint density at radius 3 is 2.64 bits per heavy atom. The maximum Gasteiger partial charge on any atom is 0.251 e. The summed E-state index contributed by atoms with van der Waals surface area (Å²) in [6.45, 7) is 1.53. The summed E-state index contributed by atoms with van der Waals surface area (Å²) in [6.07, 6.45) is 0. The second-order valence-corrected chi connectivity index (χ2v) is 7.91. The minimum absolute atomic E-state index is 0.232. The Labute approximate surface area is 171 Å². The van der Waals surface area contributed by atoms with Crippen LogP contribution in [0.1, 0.15) is 15.2 Å². The molecule has 1 heterocycles. The lowest BCUT2D eigenvalue weighted by Gasteiger charge is -2.05. The first-order chi connectivity index (χ1) is 13.3. The van der Waals surface area contributed by atoms with Crippen LogP contribution in [-0.4, -0.2) is 23.3 Å². The number of benzene rings is 2. The predicted molar refractivity (Wildman–Crippen MR) is 107 cm³/mol. The molecule has 1 aromatic heterocycles. The lowest BCUT2D eigenvalue weighted by molar-refractivity contribution is -0.115. The summed E-state index contributed by atoms with van der Waals surface area (Å²) in [6, 6.07) is 10.3. The van der Waals surface area contributed by atoms with Gasteiger partial charge in [0.15, 0.2) is 16.8 Å². The van der Waals surface area contributed by atoms with Gasteiger partial charge in [0.25, 0.3) is 5.91 Å². The van der Waals surface area contributed by atoms with Gasteiger partial charge in [0.05, 0.1) is 12.2 Å². The molecule has 0 atom stereocenters. The van der Waals surface area contributed by atoms with E-state index in [1.165, 1.54) is 17.4 Å². The SMILES string of the molecule is Cc1sc(NC(=O)CNC(=O)c2cccc(Br)c2)nc1-c1ccc(F)c(F)c1. The van der Waals surface area contributed by atoms with Crippen molar-refractivity contribution in [2.24, 2.45) is 0 Å². The van der Waals surface area contributed by atoms with Crippen LogP contribution in [0.25, 0.3) is 11.3 Å². The zero-order valence-corrected chi connectivity index (χ0v) is 17.0. The standard InChI is InChI=1S/C19H14BrF2N3O2S/c1-10-17(11-5-6-14(21)15(22)8-11)25-19(28-10)24-16(26)9-23-18(27)12-3-2-4-13(20)7-12/h2-8H,9H2,1H3,(H,23,27)(H,24,25,26). The molecule has 2 amide bonds. The van der Waals surface area contributed by atoms with Crippen molar-refractivity contribution in [1.29, 1.82) is 0 Å². The quantitative estimate of drug-likeness (QED) is 0.581. The van der Waals surface area contributed by atoms with Crippen molar-refractivity contribution in [2.45, 2.75) is 6.92 Å². The molecule has 0 fully saturated rings. The minimum Gasteiger partial charge on any atom is -0.343 e.